The van der Waals surface area contributed by atoms with Gasteiger partial charge in [0, 0.05) is 16.6 Å². The largest absolute Gasteiger partial charge is 0.477 e. The number of halogens is 2. The van der Waals surface area contributed by atoms with E-state index in [0.717, 1.165) is 16.9 Å². The number of benzene rings is 2. The lowest BCUT2D eigenvalue weighted by atomic mass is 10.1. The van der Waals surface area contributed by atoms with Gasteiger partial charge < -0.3 is 5.11 Å². The van der Waals surface area contributed by atoms with Crippen molar-refractivity contribution in [3.8, 4) is 10.6 Å². The van der Waals surface area contributed by atoms with Gasteiger partial charge in [0.2, 0.25) is 0 Å². The first-order valence-electron chi connectivity index (χ1n) is 8.37. The Morgan fingerprint density at radius 1 is 1.11 bits per heavy atom. The number of carboxylic acid groups (broad SMARTS) is 1. The summed E-state index contributed by atoms with van der Waals surface area (Å²) in [7, 11) is 0. The van der Waals surface area contributed by atoms with Crippen molar-refractivity contribution in [2.75, 3.05) is 4.90 Å². The van der Waals surface area contributed by atoms with E-state index < -0.39 is 11.9 Å². The highest BCUT2D eigenvalue weighted by Gasteiger charge is 2.30. The molecule has 28 heavy (non-hydrogen) atoms. The van der Waals surface area contributed by atoms with Crippen molar-refractivity contribution in [1.29, 1.82) is 0 Å². The van der Waals surface area contributed by atoms with Crippen LogP contribution in [0.5, 0.6) is 0 Å². The Kier molecular flexibility index (Phi) is 6.03. The van der Waals surface area contributed by atoms with Gasteiger partial charge in [0.1, 0.15) is 5.01 Å². The zero-order valence-electron chi connectivity index (χ0n) is 15.0. The first-order chi connectivity index (χ1) is 13.3. The Morgan fingerprint density at radius 3 is 2.36 bits per heavy atom. The number of rotatable bonds is 5. The van der Waals surface area contributed by atoms with E-state index >= 15 is 0 Å². The number of aromatic carboxylic acids is 1. The van der Waals surface area contributed by atoms with Crippen LogP contribution < -0.4 is 4.90 Å². The van der Waals surface area contributed by atoms with E-state index in [1.807, 2.05) is 30.3 Å². The summed E-state index contributed by atoms with van der Waals surface area (Å²) in [5.74, 6) is -1.48. The van der Waals surface area contributed by atoms with Crippen molar-refractivity contribution >= 4 is 52.2 Å². The predicted octanol–water partition coefficient (Wildman–Crippen LogP) is 5.87. The summed E-state index contributed by atoms with van der Waals surface area (Å²) in [4.78, 5) is 30.9. The van der Waals surface area contributed by atoms with E-state index in [1.54, 1.807) is 19.9 Å². The van der Waals surface area contributed by atoms with E-state index in [-0.39, 0.29) is 27.3 Å². The van der Waals surface area contributed by atoms with Crippen LogP contribution in [-0.2, 0) is 0 Å². The minimum Gasteiger partial charge on any atom is -0.477 e. The normalized spacial score (nSPS) is 10.9. The molecule has 0 unspecified atom stereocenters. The van der Waals surface area contributed by atoms with Crippen molar-refractivity contribution in [2.24, 2.45) is 0 Å². The number of amides is 1. The summed E-state index contributed by atoms with van der Waals surface area (Å²) >= 11 is 13.1. The quantitative estimate of drug-likeness (QED) is 0.544. The molecule has 0 aliphatic rings. The van der Waals surface area contributed by atoms with E-state index in [1.165, 1.54) is 17.0 Å². The molecule has 0 saturated carbocycles. The molecule has 1 aromatic heterocycles. The van der Waals surface area contributed by atoms with Crippen molar-refractivity contribution < 1.29 is 14.7 Å². The molecule has 144 valence electrons. The van der Waals surface area contributed by atoms with Crippen molar-refractivity contribution in [3.63, 3.8) is 0 Å². The molecule has 0 fully saturated rings. The van der Waals surface area contributed by atoms with Crippen molar-refractivity contribution in [2.45, 2.75) is 19.9 Å². The van der Waals surface area contributed by atoms with Gasteiger partial charge in [-0.3, -0.25) is 9.69 Å². The van der Waals surface area contributed by atoms with Gasteiger partial charge >= 0.3 is 5.97 Å². The van der Waals surface area contributed by atoms with Crippen LogP contribution in [0.15, 0.2) is 48.5 Å². The van der Waals surface area contributed by atoms with Gasteiger partial charge in [-0.1, -0.05) is 53.5 Å². The number of carboxylic acids is 1. The monoisotopic (exact) mass is 434 g/mol. The average molecular weight is 435 g/mol. The fraction of sp³-hybridized carbons (Fsp3) is 0.150. The number of hydrogen-bond acceptors (Lipinski definition) is 4. The predicted molar refractivity (Wildman–Crippen MR) is 113 cm³/mol. The molecule has 0 radical (unpaired) electrons. The number of carbonyl (C=O) groups excluding carboxylic acids is 1. The Hall–Kier alpha value is -2.41. The molecule has 0 atom stereocenters. The molecule has 0 bridgehead atoms. The number of hydrogen-bond donors (Lipinski definition) is 1. The second kappa shape index (κ2) is 8.31. The maximum Gasteiger partial charge on any atom is 0.349 e. The molecule has 5 nitrogen and oxygen atoms in total. The van der Waals surface area contributed by atoms with Gasteiger partial charge in [-0.05, 0) is 32.0 Å². The van der Waals surface area contributed by atoms with E-state index in [9.17, 15) is 14.7 Å². The van der Waals surface area contributed by atoms with Crippen LogP contribution in [0.2, 0.25) is 10.0 Å². The molecule has 2 aromatic carbocycles. The molecule has 1 heterocycles. The first-order valence-corrected chi connectivity index (χ1v) is 9.95. The smallest absolute Gasteiger partial charge is 0.349 e. The minimum atomic E-state index is -1.14. The van der Waals surface area contributed by atoms with Gasteiger partial charge in [0.25, 0.3) is 5.91 Å². The van der Waals surface area contributed by atoms with E-state index in [2.05, 4.69) is 4.98 Å². The maximum absolute atomic E-state index is 13.2. The molecular formula is C20H16Cl2N2O3S. The van der Waals surface area contributed by atoms with Gasteiger partial charge in [-0.2, -0.15) is 0 Å². The fourth-order valence-electron chi connectivity index (χ4n) is 2.69. The zero-order valence-corrected chi connectivity index (χ0v) is 17.3. The summed E-state index contributed by atoms with van der Waals surface area (Å²) in [6.07, 6.45) is 0. The molecule has 8 heteroatoms. The molecule has 0 spiro atoms. The van der Waals surface area contributed by atoms with Crippen LogP contribution in [0.4, 0.5) is 5.82 Å². The molecule has 3 rings (SSSR count). The molecule has 0 saturated heterocycles. The zero-order chi connectivity index (χ0) is 20.4. The van der Waals surface area contributed by atoms with Crippen molar-refractivity contribution in [1.82, 2.24) is 4.98 Å². The third-order valence-corrected chi connectivity index (χ3v) is 5.58. The number of anilines is 1. The Bertz CT molecular complexity index is 1040. The van der Waals surface area contributed by atoms with Crippen LogP contribution in [0.3, 0.4) is 0 Å². The number of nitrogens with zero attached hydrogens (tertiary/aromatic N) is 2. The average Bonchev–Trinajstić information content (AvgIpc) is 3.07. The second-order valence-electron chi connectivity index (χ2n) is 6.24. The topological polar surface area (TPSA) is 70.5 Å². The first kappa shape index (κ1) is 20.3. The lowest BCUT2D eigenvalue weighted by Crippen LogP contribution is -2.38. The third kappa shape index (κ3) is 4.04. The molecule has 1 amide bonds. The summed E-state index contributed by atoms with van der Waals surface area (Å²) in [6.45, 7) is 3.57. The summed E-state index contributed by atoms with van der Waals surface area (Å²) < 4.78 is 0. The van der Waals surface area contributed by atoms with Gasteiger partial charge in [0.15, 0.2) is 10.7 Å². The van der Waals surface area contributed by atoms with Crippen LogP contribution in [0.1, 0.15) is 33.9 Å². The highest BCUT2D eigenvalue weighted by Crippen LogP contribution is 2.35. The van der Waals surface area contributed by atoms with Crippen LogP contribution >= 0.6 is 34.5 Å². The molecule has 0 aliphatic heterocycles. The fourth-order valence-corrected chi connectivity index (χ4v) is 4.08. The van der Waals surface area contributed by atoms with E-state index in [4.69, 9.17) is 23.2 Å². The maximum atomic E-state index is 13.2. The number of thiazole rings is 1. The van der Waals surface area contributed by atoms with Gasteiger partial charge in [0.05, 0.1) is 10.6 Å². The molecular weight excluding hydrogens is 419 g/mol. The van der Waals surface area contributed by atoms with Crippen LogP contribution in [0.25, 0.3) is 10.6 Å². The lowest BCUT2D eigenvalue weighted by Gasteiger charge is -2.25. The van der Waals surface area contributed by atoms with Crippen molar-refractivity contribution in [3.05, 3.63) is 69.0 Å². The Balaban J connectivity index is 2.13. The van der Waals surface area contributed by atoms with E-state index in [0.29, 0.717) is 10.0 Å². The lowest BCUT2D eigenvalue weighted by molar-refractivity contribution is 0.0702. The van der Waals surface area contributed by atoms with Crippen LogP contribution in [0, 0.1) is 0 Å². The SMILES string of the molecule is CC(C)N(C(=O)c1ccc(Cl)cc1Cl)c1nc(-c2ccccc2)sc1C(=O)O. The minimum absolute atomic E-state index is 0.00834. The Labute approximate surface area is 176 Å². The molecule has 3 aromatic rings. The van der Waals surface area contributed by atoms with Gasteiger partial charge in [-0.25, -0.2) is 9.78 Å². The standard InChI is InChI=1S/C20H16Cl2N2O3S/c1-11(2)24(19(25)14-9-8-13(21)10-15(14)22)17-16(20(26)27)28-18(23-17)12-6-4-3-5-7-12/h3-11H,1-2H3,(H,26,27). The molecule has 1 N–H and O–H groups in total. The highest BCUT2D eigenvalue weighted by atomic mass is 35.5. The second-order valence-corrected chi connectivity index (χ2v) is 8.08. The molecule has 0 aliphatic carbocycles. The highest BCUT2D eigenvalue weighted by molar-refractivity contribution is 7.17. The summed E-state index contributed by atoms with van der Waals surface area (Å²) in [5.41, 5.74) is 1.01. The Morgan fingerprint density at radius 2 is 1.79 bits per heavy atom. The number of carbonyl (C=O) groups is 2. The number of aromatic nitrogens is 1. The third-order valence-electron chi connectivity index (χ3n) is 3.95. The van der Waals surface area contributed by atoms with Gasteiger partial charge in [-0.15, -0.1) is 11.3 Å². The summed E-state index contributed by atoms with van der Waals surface area (Å²) in [6, 6.07) is 13.4. The summed E-state index contributed by atoms with van der Waals surface area (Å²) in [5, 5.41) is 10.8. The van der Waals surface area contributed by atoms with Crippen LogP contribution in [-0.4, -0.2) is 28.0 Å².